The van der Waals surface area contributed by atoms with Crippen LogP contribution in [0.25, 0.3) is 10.8 Å². The van der Waals surface area contributed by atoms with Gasteiger partial charge in [0.15, 0.2) is 0 Å². The summed E-state index contributed by atoms with van der Waals surface area (Å²) in [6, 6.07) is 13.2. The van der Waals surface area contributed by atoms with Crippen LogP contribution >= 0.6 is 0 Å². The number of amides is 4. The summed E-state index contributed by atoms with van der Waals surface area (Å²) in [7, 11) is 0. The molecule has 6 nitrogen and oxygen atoms in total. The molecule has 0 spiro atoms. The summed E-state index contributed by atoms with van der Waals surface area (Å²) >= 11 is 0. The monoisotopic (exact) mass is 365 g/mol. The summed E-state index contributed by atoms with van der Waals surface area (Å²) in [6.07, 6.45) is 4.13. The SMILES string of the molecule is C[C@@]1(c2ccc3ccccc3c2)NC(=O)N(CC(=O)NC2CCCC2)C1=O. The molecule has 1 atom stereocenters. The van der Waals surface area contributed by atoms with Crippen LogP contribution in [-0.4, -0.2) is 35.3 Å². The average Bonchev–Trinajstić information content (AvgIpc) is 3.24. The zero-order valence-corrected chi connectivity index (χ0v) is 15.3. The molecule has 0 aromatic heterocycles. The third-order valence-electron chi connectivity index (χ3n) is 5.62. The molecule has 140 valence electrons. The van der Waals surface area contributed by atoms with E-state index in [1.54, 1.807) is 6.92 Å². The Kier molecular flexibility index (Phi) is 4.34. The maximum absolute atomic E-state index is 13.0. The standard InChI is InChI=1S/C21H23N3O3/c1-21(16-11-10-14-6-2-3-7-15(14)12-16)19(26)24(20(27)23-21)13-18(25)22-17-8-4-5-9-17/h2-3,6-7,10-12,17H,4-5,8-9,13H2,1H3,(H,22,25)(H,23,27)/t21-/m0/s1. The summed E-state index contributed by atoms with van der Waals surface area (Å²) in [5.74, 6) is -0.683. The first-order chi connectivity index (χ1) is 13.0. The quantitative estimate of drug-likeness (QED) is 0.818. The van der Waals surface area contributed by atoms with Crippen LogP contribution in [0.3, 0.4) is 0 Å². The van der Waals surface area contributed by atoms with Crippen molar-refractivity contribution in [2.75, 3.05) is 6.54 Å². The molecule has 2 aromatic rings. The summed E-state index contributed by atoms with van der Waals surface area (Å²) in [6.45, 7) is 1.44. The highest BCUT2D eigenvalue weighted by Crippen LogP contribution is 2.31. The number of benzene rings is 2. The fraction of sp³-hybridized carbons (Fsp3) is 0.381. The van der Waals surface area contributed by atoms with Crippen molar-refractivity contribution in [2.45, 2.75) is 44.2 Å². The van der Waals surface area contributed by atoms with Gasteiger partial charge in [-0.1, -0.05) is 49.2 Å². The van der Waals surface area contributed by atoms with Crippen molar-refractivity contribution in [2.24, 2.45) is 0 Å². The van der Waals surface area contributed by atoms with Crippen molar-refractivity contribution < 1.29 is 14.4 Å². The number of urea groups is 1. The number of nitrogens with zero attached hydrogens (tertiary/aromatic N) is 1. The summed E-state index contributed by atoms with van der Waals surface area (Å²) in [4.78, 5) is 38.7. The number of hydrogen-bond donors (Lipinski definition) is 2. The fourth-order valence-corrected chi connectivity index (χ4v) is 4.02. The van der Waals surface area contributed by atoms with E-state index in [-0.39, 0.29) is 18.5 Å². The van der Waals surface area contributed by atoms with Crippen molar-refractivity contribution in [3.63, 3.8) is 0 Å². The first kappa shape index (κ1) is 17.5. The van der Waals surface area contributed by atoms with E-state index in [4.69, 9.17) is 0 Å². The maximum Gasteiger partial charge on any atom is 0.325 e. The van der Waals surface area contributed by atoms with E-state index in [9.17, 15) is 14.4 Å². The third kappa shape index (κ3) is 3.16. The van der Waals surface area contributed by atoms with Gasteiger partial charge in [-0.3, -0.25) is 14.5 Å². The number of fused-ring (bicyclic) bond motifs is 1. The predicted octanol–water partition coefficient (Wildman–Crippen LogP) is 2.67. The molecule has 27 heavy (non-hydrogen) atoms. The Morgan fingerprint density at radius 1 is 1.15 bits per heavy atom. The maximum atomic E-state index is 13.0. The lowest BCUT2D eigenvalue weighted by atomic mass is 9.90. The molecule has 1 heterocycles. The Labute approximate surface area is 157 Å². The van der Waals surface area contributed by atoms with Gasteiger partial charge in [0.2, 0.25) is 5.91 Å². The zero-order valence-electron chi connectivity index (χ0n) is 15.3. The van der Waals surface area contributed by atoms with Crippen LogP contribution in [0, 0.1) is 0 Å². The lowest BCUT2D eigenvalue weighted by molar-refractivity contribution is -0.135. The Morgan fingerprint density at radius 2 is 1.85 bits per heavy atom. The minimum Gasteiger partial charge on any atom is -0.352 e. The highest BCUT2D eigenvalue weighted by Gasteiger charge is 2.49. The van der Waals surface area contributed by atoms with Crippen LogP contribution in [-0.2, 0) is 15.1 Å². The molecule has 0 unspecified atom stereocenters. The van der Waals surface area contributed by atoms with Crippen molar-refractivity contribution in [3.05, 3.63) is 48.0 Å². The summed E-state index contributed by atoms with van der Waals surface area (Å²) < 4.78 is 0. The van der Waals surface area contributed by atoms with Gasteiger partial charge in [0.1, 0.15) is 12.1 Å². The lowest BCUT2D eigenvalue weighted by Gasteiger charge is -2.23. The Bertz CT molecular complexity index is 920. The normalized spacial score (nSPS) is 23.1. The first-order valence-corrected chi connectivity index (χ1v) is 9.40. The largest absolute Gasteiger partial charge is 0.352 e. The molecule has 1 saturated heterocycles. The smallest absolute Gasteiger partial charge is 0.325 e. The molecule has 1 aliphatic carbocycles. The number of carbonyl (C=O) groups excluding carboxylic acids is 3. The van der Waals surface area contributed by atoms with E-state index in [0.717, 1.165) is 41.4 Å². The first-order valence-electron chi connectivity index (χ1n) is 9.40. The van der Waals surface area contributed by atoms with Gasteiger partial charge in [0.25, 0.3) is 5.91 Å². The lowest BCUT2D eigenvalue weighted by Crippen LogP contribution is -2.45. The number of hydrogen-bond acceptors (Lipinski definition) is 3. The molecule has 2 fully saturated rings. The van der Waals surface area contributed by atoms with E-state index in [1.807, 2.05) is 42.5 Å². The third-order valence-corrected chi connectivity index (χ3v) is 5.62. The predicted molar refractivity (Wildman–Crippen MR) is 102 cm³/mol. The molecule has 0 bridgehead atoms. The van der Waals surface area contributed by atoms with Gasteiger partial charge in [0, 0.05) is 6.04 Å². The van der Waals surface area contributed by atoms with Gasteiger partial charge in [-0.05, 0) is 42.2 Å². The number of imide groups is 1. The molecule has 4 rings (SSSR count). The van der Waals surface area contributed by atoms with Gasteiger partial charge < -0.3 is 10.6 Å². The van der Waals surface area contributed by atoms with Crippen LogP contribution in [0.2, 0.25) is 0 Å². The average molecular weight is 365 g/mol. The molecule has 1 aliphatic heterocycles. The molecule has 0 radical (unpaired) electrons. The number of rotatable bonds is 4. The second-order valence-corrected chi connectivity index (χ2v) is 7.56. The second-order valence-electron chi connectivity index (χ2n) is 7.56. The topological polar surface area (TPSA) is 78.5 Å². The summed E-state index contributed by atoms with van der Waals surface area (Å²) in [5.41, 5.74) is -0.465. The second kappa shape index (κ2) is 6.68. The van der Waals surface area contributed by atoms with Crippen molar-refractivity contribution in [3.8, 4) is 0 Å². The van der Waals surface area contributed by atoms with E-state index >= 15 is 0 Å². The Balaban J connectivity index is 1.54. The summed E-state index contributed by atoms with van der Waals surface area (Å²) in [5, 5.41) is 7.75. The van der Waals surface area contributed by atoms with E-state index < -0.39 is 17.5 Å². The van der Waals surface area contributed by atoms with Crippen molar-refractivity contribution in [1.82, 2.24) is 15.5 Å². The van der Waals surface area contributed by atoms with Crippen LogP contribution in [0.5, 0.6) is 0 Å². The Hall–Kier alpha value is -2.89. The molecule has 4 amide bonds. The van der Waals surface area contributed by atoms with E-state index in [0.29, 0.717) is 5.56 Å². The highest BCUT2D eigenvalue weighted by atomic mass is 16.2. The van der Waals surface area contributed by atoms with E-state index in [1.165, 1.54) is 0 Å². The number of carbonyl (C=O) groups is 3. The zero-order chi connectivity index (χ0) is 19.0. The molecule has 2 aromatic carbocycles. The van der Waals surface area contributed by atoms with Gasteiger partial charge in [-0.15, -0.1) is 0 Å². The van der Waals surface area contributed by atoms with Crippen LogP contribution in [0.1, 0.15) is 38.2 Å². The molecule has 6 heteroatoms. The van der Waals surface area contributed by atoms with Gasteiger partial charge in [-0.2, -0.15) is 0 Å². The van der Waals surface area contributed by atoms with Gasteiger partial charge >= 0.3 is 6.03 Å². The molecular weight excluding hydrogens is 342 g/mol. The van der Waals surface area contributed by atoms with Crippen molar-refractivity contribution >= 4 is 28.6 Å². The highest BCUT2D eigenvalue weighted by molar-refractivity contribution is 6.09. The molecular formula is C21H23N3O3. The molecule has 1 saturated carbocycles. The minimum absolute atomic E-state index is 0.158. The fourth-order valence-electron chi connectivity index (χ4n) is 4.02. The van der Waals surface area contributed by atoms with Gasteiger partial charge in [0.05, 0.1) is 0 Å². The van der Waals surface area contributed by atoms with Crippen LogP contribution in [0.15, 0.2) is 42.5 Å². The molecule has 2 N–H and O–H groups in total. The van der Waals surface area contributed by atoms with Crippen molar-refractivity contribution in [1.29, 1.82) is 0 Å². The Morgan fingerprint density at radius 3 is 2.59 bits per heavy atom. The van der Waals surface area contributed by atoms with E-state index in [2.05, 4.69) is 10.6 Å². The number of nitrogens with one attached hydrogen (secondary N) is 2. The van der Waals surface area contributed by atoms with Crippen LogP contribution < -0.4 is 10.6 Å². The minimum atomic E-state index is -1.17. The van der Waals surface area contributed by atoms with Crippen LogP contribution in [0.4, 0.5) is 4.79 Å². The molecule has 2 aliphatic rings. The van der Waals surface area contributed by atoms with Gasteiger partial charge in [-0.25, -0.2) is 4.79 Å².